The maximum atomic E-state index is 12.9. The number of hydrogen-bond acceptors (Lipinski definition) is 6. The van der Waals surface area contributed by atoms with Crippen molar-refractivity contribution in [3.63, 3.8) is 0 Å². The van der Waals surface area contributed by atoms with Crippen molar-refractivity contribution in [3.05, 3.63) is 54.5 Å². The lowest BCUT2D eigenvalue weighted by Crippen LogP contribution is -2.30. The zero-order valence-corrected chi connectivity index (χ0v) is 17.1. The predicted octanol–water partition coefficient (Wildman–Crippen LogP) is 2.46. The minimum absolute atomic E-state index is 0.115. The van der Waals surface area contributed by atoms with E-state index in [4.69, 9.17) is 0 Å². The third-order valence-electron chi connectivity index (χ3n) is 4.04. The summed E-state index contributed by atoms with van der Waals surface area (Å²) >= 11 is 1.63. The molecular weight excluding hydrogens is 398 g/mol. The van der Waals surface area contributed by atoms with E-state index in [9.17, 15) is 13.2 Å². The number of fused-ring (bicyclic) bond motifs is 1. The van der Waals surface area contributed by atoms with E-state index in [0.29, 0.717) is 23.6 Å². The van der Waals surface area contributed by atoms with E-state index in [2.05, 4.69) is 20.2 Å². The van der Waals surface area contributed by atoms with Crippen molar-refractivity contribution in [2.24, 2.45) is 0 Å². The van der Waals surface area contributed by atoms with Gasteiger partial charge >= 0.3 is 0 Å². The van der Waals surface area contributed by atoms with Gasteiger partial charge in [-0.25, -0.2) is 13.1 Å². The Morgan fingerprint density at radius 1 is 1.18 bits per heavy atom. The van der Waals surface area contributed by atoms with Crippen LogP contribution in [-0.4, -0.2) is 40.9 Å². The van der Waals surface area contributed by atoms with E-state index in [-0.39, 0.29) is 10.8 Å². The first-order valence-electron chi connectivity index (χ1n) is 8.59. The van der Waals surface area contributed by atoms with Gasteiger partial charge in [0.1, 0.15) is 0 Å². The van der Waals surface area contributed by atoms with Crippen molar-refractivity contribution in [1.82, 2.24) is 19.3 Å². The van der Waals surface area contributed by atoms with Gasteiger partial charge in [0, 0.05) is 18.8 Å². The fourth-order valence-corrected chi connectivity index (χ4v) is 4.45. The van der Waals surface area contributed by atoms with Gasteiger partial charge in [0.25, 0.3) is 0 Å². The number of aromatic nitrogens is 3. The van der Waals surface area contributed by atoms with Gasteiger partial charge in [-0.1, -0.05) is 6.07 Å². The number of anilines is 1. The molecule has 0 aliphatic carbocycles. The molecule has 3 aromatic rings. The first-order valence-corrected chi connectivity index (χ1v) is 11.5. The zero-order valence-electron chi connectivity index (χ0n) is 15.5. The van der Waals surface area contributed by atoms with Gasteiger partial charge in [-0.05, 0) is 54.8 Å². The molecule has 0 fully saturated rings. The van der Waals surface area contributed by atoms with Gasteiger partial charge in [-0.3, -0.25) is 9.20 Å². The van der Waals surface area contributed by atoms with E-state index in [1.807, 2.05) is 30.7 Å². The molecule has 1 aromatic carbocycles. The highest BCUT2D eigenvalue weighted by molar-refractivity contribution is 7.98. The van der Waals surface area contributed by atoms with Crippen LogP contribution in [0.5, 0.6) is 0 Å². The van der Waals surface area contributed by atoms with Crippen molar-refractivity contribution in [2.75, 3.05) is 17.3 Å². The van der Waals surface area contributed by atoms with Crippen LogP contribution in [-0.2, 0) is 14.8 Å². The minimum Gasteiger partial charge on any atom is -0.326 e. The van der Waals surface area contributed by atoms with Crippen molar-refractivity contribution in [2.45, 2.75) is 24.3 Å². The van der Waals surface area contributed by atoms with E-state index >= 15 is 0 Å². The van der Waals surface area contributed by atoms with Crippen LogP contribution in [0.25, 0.3) is 5.65 Å². The predicted molar refractivity (Wildman–Crippen MR) is 110 cm³/mol. The van der Waals surface area contributed by atoms with Crippen LogP contribution < -0.4 is 10.0 Å². The molecule has 1 atom stereocenters. The molecule has 0 bridgehead atoms. The summed E-state index contributed by atoms with van der Waals surface area (Å²) < 4.78 is 30.3. The molecule has 0 unspecified atom stereocenters. The zero-order chi connectivity index (χ0) is 20.1. The molecule has 0 aliphatic rings. The molecule has 0 saturated carbocycles. The largest absolute Gasteiger partial charge is 0.326 e. The molecule has 1 amide bonds. The Hall–Kier alpha value is -2.43. The fraction of sp³-hybridized carbons (Fsp3) is 0.278. The highest BCUT2D eigenvalue weighted by atomic mass is 32.2. The van der Waals surface area contributed by atoms with Crippen LogP contribution in [0, 0.1) is 0 Å². The third-order valence-corrected chi connectivity index (χ3v) is 6.18. The lowest BCUT2D eigenvalue weighted by atomic mass is 10.2. The standard InChI is InChI=1S/C18H21N5O3S2/c1-13(24)19-14-6-8-15(9-7-14)28(25,26)22-16(10-12-27-2)18-21-20-17-5-3-4-11-23(17)18/h3-9,11,16,22H,10,12H2,1-2H3,(H,19,24)/t16-/m1/s1. The highest BCUT2D eigenvalue weighted by Gasteiger charge is 2.25. The molecular formula is C18H21N5O3S2. The number of nitrogens with one attached hydrogen (secondary N) is 2. The van der Waals surface area contributed by atoms with Crippen LogP contribution in [0.2, 0.25) is 0 Å². The summed E-state index contributed by atoms with van der Waals surface area (Å²) in [7, 11) is -3.78. The van der Waals surface area contributed by atoms with Crippen molar-refractivity contribution in [1.29, 1.82) is 0 Å². The number of hydrogen-bond donors (Lipinski definition) is 2. The summed E-state index contributed by atoms with van der Waals surface area (Å²) in [5.41, 5.74) is 1.19. The summed E-state index contributed by atoms with van der Waals surface area (Å²) in [5, 5.41) is 10.9. The highest BCUT2D eigenvalue weighted by Crippen LogP contribution is 2.22. The Morgan fingerprint density at radius 3 is 2.61 bits per heavy atom. The number of pyridine rings is 1. The Kier molecular flexibility index (Phi) is 6.32. The maximum Gasteiger partial charge on any atom is 0.241 e. The van der Waals surface area contributed by atoms with Crippen LogP contribution in [0.4, 0.5) is 5.69 Å². The van der Waals surface area contributed by atoms with Crippen molar-refractivity contribution < 1.29 is 13.2 Å². The minimum atomic E-state index is -3.78. The third kappa shape index (κ3) is 4.70. The lowest BCUT2D eigenvalue weighted by Gasteiger charge is -2.17. The number of sulfonamides is 1. The quantitative estimate of drug-likeness (QED) is 0.581. The Morgan fingerprint density at radius 2 is 1.93 bits per heavy atom. The second-order valence-electron chi connectivity index (χ2n) is 6.15. The molecule has 0 saturated heterocycles. The molecule has 148 valence electrons. The van der Waals surface area contributed by atoms with Crippen LogP contribution in [0.1, 0.15) is 25.2 Å². The van der Waals surface area contributed by atoms with Gasteiger partial charge in [0.2, 0.25) is 15.9 Å². The topological polar surface area (TPSA) is 105 Å². The first-order chi connectivity index (χ1) is 13.4. The molecule has 0 spiro atoms. The molecule has 2 heterocycles. The van der Waals surface area contributed by atoms with Gasteiger partial charge in [-0.15, -0.1) is 10.2 Å². The lowest BCUT2D eigenvalue weighted by molar-refractivity contribution is -0.114. The Balaban J connectivity index is 1.88. The molecule has 28 heavy (non-hydrogen) atoms. The number of carbonyl (C=O) groups excluding carboxylic acids is 1. The molecule has 0 radical (unpaired) electrons. The number of nitrogens with zero attached hydrogens (tertiary/aromatic N) is 3. The number of thioether (sulfide) groups is 1. The summed E-state index contributed by atoms with van der Waals surface area (Å²) in [6, 6.07) is 11.0. The smallest absolute Gasteiger partial charge is 0.241 e. The maximum absolute atomic E-state index is 12.9. The van der Waals surface area contributed by atoms with Gasteiger partial charge in [0.15, 0.2) is 11.5 Å². The summed E-state index contributed by atoms with van der Waals surface area (Å²) in [5.74, 6) is 1.09. The number of carbonyl (C=O) groups is 1. The van der Waals surface area contributed by atoms with E-state index in [1.54, 1.807) is 28.3 Å². The fourth-order valence-electron chi connectivity index (χ4n) is 2.75. The monoisotopic (exact) mass is 419 g/mol. The first kappa shape index (κ1) is 20.3. The Bertz CT molecular complexity index is 1060. The molecule has 8 nitrogen and oxygen atoms in total. The van der Waals surface area contributed by atoms with E-state index in [0.717, 1.165) is 5.75 Å². The van der Waals surface area contributed by atoms with Gasteiger partial charge < -0.3 is 5.32 Å². The summed E-state index contributed by atoms with van der Waals surface area (Å²) in [4.78, 5) is 11.2. The second kappa shape index (κ2) is 8.72. The molecule has 2 aromatic heterocycles. The van der Waals surface area contributed by atoms with Crippen LogP contribution in [0.15, 0.2) is 53.6 Å². The molecule has 10 heteroatoms. The average Bonchev–Trinajstić information content (AvgIpc) is 3.09. The SMILES string of the molecule is CSCC[C@@H](NS(=O)(=O)c1ccc(NC(C)=O)cc1)c1nnc2ccccn12. The number of benzene rings is 1. The number of rotatable bonds is 8. The van der Waals surface area contributed by atoms with Gasteiger partial charge in [0.05, 0.1) is 10.9 Å². The second-order valence-corrected chi connectivity index (χ2v) is 8.85. The summed E-state index contributed by atoms with van der Waals surface area (Å²) in [6.45, 7) is 1.39. The molecule has 0 aliphatic heterocycles. The van der Waals surface area contributed by atoms with Crippen molar-refractivity contribution >= 4 is 39.0 Å². The Labute approximate surface area is 167 Å². The van der Waals surface area contributed by atoms with Crippen molar-refractivity contribution in [3.8, 4) is 0 Å². The van der Waals surface area contributed by atoms with Crippen LogP contribution in [0.3, 0.4) is 0 Å². The van der Waals surface area contributed by atoms with E-state index < -0.39 is 16.1 Å². The number of amides is 1. The molecule has 3 rings (SSSR count). The van der Waals surface area contributed by atoms with Gasteiger partial charge in [-0.2, -0.15) is 11.8 Å². The van der Waals surface area contributed by atoms with E-state index in [1.165, 1.54) is 19.1 Å². The molecule has 2 N–H and O–H groups in total. The van der Waals surface area contributed by atoms with Crippen LogP contribution >= 0.6 is 11.8 Å². The summed E-state index contributed by atoms with van der Waals surface area (Å²) in [6.07, 6.45) is 4.35. The normalized spacial score (nSPS) is 12.8. The average molecular weight is 420 g/mol.